The van der Waals surface area contributed by atoms with Crippen molar-refractivity contribution in [2.24, 2.45) is 11.5 Å². The van der Waals surface area contributed by atoms with Crippen LogP contribution in [0.5, 0.6) is 0 Å². The molecule has 2 nitrogen and oxygen atoms in total. The van der Waals surface area contributed by atoms with E-state index in [2.05, 4.69) is 0 Å². The molecule has 0 atom stereocenters. The number of alkyl halides is 2. The summed E-state index contributed by atoms with van der Waals surface area (Å²) < 4.78 is -0.925. The smallest absolute Gasteiger partial charge is 0.148 e. The minimum atomic E-state index is -0.925. The normalized spacial score (nSPS) is 27.3. The summed E-state index contributed by atoms with van der Waals surface area (Å²) in [4.78, 5) is 0. The van der Waals surface area contributed by atoms with Gasteiger partial charge in [0.2, 0.25) is 0 Å². The van der Waals surface area contributed by atoms with Gasteiger partial charge in [-0.1, -0.05) is 36.0 Å². The second-order valence-electron chi connectivity index (χ2n) is 2.95. The van der Waals surface area contributed by atoms with Crippen molar-refractivity contribution in [3.05, 3.63) is 0 Å². The molecule has 70 valence electrons. The molecule has 4 N–H and O–H groups in total. The third-order valence-corrected chi connectivity index (χ3v) is 3.09. The summed E-state index contributed by atoms with van der Waals surface area (Å²) >= 11 is 11.8. The number of nitrogens with two attached hydrogens (primary N) is 2. The number of rotatable bonds is 0. The van der Waals surface area contributed by atoms with Crippen molar-refractivity contribution in [3.63, 3.8) is 0 Å². The van der Waals surface area contributed by atoms with Crippen LogP contribution in [0.2, 0.25) is 0 Å². The zero-order chi connectivity index (χ0) is 7.83. The van der Waals surface area contributed by atoms with E-state index in [-0.39, 0.29) is 20.4 Å². The second kappa shape index (κ2) is 3.91. The average Bonchev–Trinajstić information content (AvgIpc) is 1.77. The van der Waals surface area contributed by atoms with Crippen molar-refractivity contribution in [2.75, 3.05) is 0 Å². The van der Waals surface area contributed by atoms with E-state index in [0.29, 0.717) is 12.8 Å². The predicted molar refractivity (Wildman–Crippen MR) is 44.0 cm³/mol. The van der Waals surface area contributed by atoms with Crippen molar-refractivity contribution in [1.82, 2.24) is 0 Å². The Labute approximate surface area is 90.6 Å². The van der Waals surface area contributed by atoms with Gasteiger partial charge in [0.15, 0.2) is 0 Å². The molecule has 0 aromatic heterocycles. The zero-order valence-electron chi connectivity index (χ0n) is 6.06. The molecule has 0 aromatic rings. The number of hydrogen-bond donors (Lipinski definition) is 2. The van der Waals surface area contributed by atoms with Crippen LogP contribution in [0.4, 0.5) is 0 Å². The molecule has 11 heavy (non-hydrogen) atoms. The Bertz CT molecular complexity index is 123. The van der Waals surface area contributed by atoms with Crippen LogP contribution in [0.15, 0.2) is 0 Å². The Morgan fingerprint density at radius 3 is 1.73 bits per heavy atom. The molecule has 5 heteroatoms. The molecule has 0 saturated heterocycles. The topological polar surface area (TPSA) is 52.0 Å². The summed E-state index contributed by atoms with van der Waals surface area (Å²) in [6.07, 6.45) is 3.44. The van der Waals surface area contributed by atoms with E-state index >= 15 is 0 Å². The van der Waals surface area contributed by atoms with Gasteiger partial charge in [-0.3, -0.25) is 0 Å². The van der Waals surface area contributed by atoms with Gasteiger partial charge in [0.05, 0.1) is 5.66 Å². The van der Waals surface area contributed by atoms with Crippen LogP contribution in [-0.4, -0.2) is 10.00 Å². The third-order valence-electron chi connectivity index (χ3n) is 2.01. The maximum absolute atomic E-state index is 5.88. The molecule has 0 spiro atoms. The first-order valence-electron chi connectivity index (χ1n) is 3.41. The summed E-state index contributed by atoms with van der Waals surface area (Å²) in [6, 6.07) is 0. The summed E-state index contributed by atoms with van der Waals surface area (Å²) in [5, 5.41) is 0. The standard InChI is InChI=1S/C6H12Cl2N2.Pd/c7-5(8)3-1-2-4-6(5,9)10;/h1-4,9-10H2;. The van der Waals surface area contributed by atoms with Crippen LogP contribution in [0.25, 0.3) is 0 Å². The molecule has 0 bridgehead atoms. The average molecular weight is 290 g/mol. The molecule has 0 aromatic carbocycles. The summed E-state index contributed by atoms with van der Waals surface area (Å²) in [5.74, 6) is 0. The van der Waals surface area contributed by atoms with Crippen LogP contribution in [-0.2, 0) is 20.4 Å². The fraction of sp³-hybridized carbons (Fsp3) is 1.00. The Hall–Kier alpha value is 1.16. The van der Waals surface area contributed by atoms with Crippen molar-refractivity contribution in [1.29, 1.82) is 0 Å². The molecule has 0 heterocycles. The molecule has 1 fully saturated rings. The SMILES string of the molecule is NC1(N)CCCCC1(Cl)Cl.[Pd]. The van der Waals surface area contributed by atoms with Gasteiger partial charge in [-0.15, -0.1) is 0 Å². The fourth-order valence-corrected chi connectivity index (χ4v) is 1.64. The van der Waals surface area contributed by atoms with Crippen LogP contribution in [0.3, 0.4) is 0 Å². The summed E-state index contributed by atoms with van der Waals surface area (Å²) in [6.45, 7) is 0. The van der Waals surface area contributed by atoms with Gasteiger partial charge in [0.1, 0.15) is 4.33 Å². The minimum absolute atomic E-state index is 0. The maximum atomic E-state index is 5.88. The van der Waals surface area contributed by atoms with E-state index in [4.69, 9.17) is 34.7 Å². The van der Waals surface area contributed by atoms with Gasteiger partial charge in [-0.05, 0) is 12.8 Å². The van der Waals surface area contributed by atoms with E-state index in [0.717, 1.165) is 12.8 Å². The number of halogens is 2. The molecule has 0 aliphatic heterocycles. The van der Waals surface area contributed by atoms with Gasteiger partial charge >= 0.3 is 0 Å². The quantitative estimate of drug-likeness (QED) is 0.402. The Balaban J connectivity index is 0.000001000. The molecule has 1 rings (SSSR count). The first-order valence-corrected chi connectivity index (χ1v) is 4.17. The maximum Gasteiger partial charge on any atom is 0.148 e. The van der Waals surface area contributed by atoms with Crippen molar-refractivity contribution in [3.8, 4) is 0 Å². The molecule has 1 saturated carbocycles. The minimum Gasteiger partial charge on any atom is -0.311 e. The molecule has 1 aliphatic rings. The van der Waals surface area contributed by atoms with Crippen LogP contribution in [0.1, 0.15) is 25.7 Å². The van der Waals surface area contributed by atoms with Crippen molar-refractivity contribution < 1.29 is 20.4 Å². The molecule has 0 unspecified atom stereocenters. The van der Waals surface area contributed by atoms with Gasteiger partial charge in [0.25, 0.3) is 0 Å². The van der Waals surface area contributed by atoms with Gasteiger partial charge in [-0.2, -0.15) is 0 Å². The molecule has 0 radical (unpaired) electrons. The van der Waals surface area contributed by atoms with E-state index in [9.17, 15) is 0 Å². The van der Waals surface area contributed by atoms with E-state index in [1.54, 1.807) is 0 Å². The predicted octanol–water partition coefficient (Wildman–Crippen LogP) is 1.35. The van der Waals surface area contributed by atoms with E-state index < -0.39 is 10.00 Å². The first kappa shape index (κ1) is 12.2. The Morgan fingerprint density at radius 1 is 1.00 bits per heavy atom. The van der Waals surface area contributed by atoms with Gasteiger partial charge < -0.3 is 11.5 Å². The monoisotopic (exact) mass is 288 g/mol. The van der Waals surface area contributed by atoms with Crippen LogP contribution < -0.4 is 11.5 Å². The van der Waals surface area contributed by atoms with Crippen LogP contribution >= 0.6 is 23.2 Å². The van der Waals surface area contributed by atoms with E-state index in [1.807, 2.05) is 0 Å². The van der Waals surface area contributed by atoms with Gasteiger partial charge in [0, 0.05) is 20.4 Å². The summed E-state index contributed by atoms with van der Waals surface area (Å²) in [7, 11) is 0. The third kappa shape index (κ3) is 2.55. The molecular weight excluding hydrogens is 277 g/mol. The first-order chi connectivity index (χ1) is 4.46. The molecule has 0 amide bonds. The molecule has 1 aliphatic carbocycles. The van der Waals surface area contributed by atoms with Crippen molar-refractivity contribution >= 4 is 23.2 Å². The van der Waals surface area contributed by atoms with E-state index in [1.165, 1.54) is 0 Å². The second-order valence-corrected chi connectivity index (χ2v) is 4.44. The zero-order valence-corrected chi connectivity index (χ0v) is 9.12. The molecular formula is C6H12Cl2N2Pd. The number of hydrogen-bond acceptors (Lipinski definition) is 2. The largest absolute Gasteiger partial charge is 0.311 e. The fourth-order valence-electron chi connectivity index (χ4n) is 1.18. The van der Waals surface area contributed by atoms with Gasteiger partial charge in [-0.25, -0.2) is 0 Å². The van der Waals surface area contributed by atoms with Crippen LogP contribution in [0, 0.1) is 0 Å². The van der Waals surface area contributed by atoms with Crippen molar-refractivity contribution in [2.45, 2.75) is 35.7 Å². The Morgan fingerprint density at radius 2 is 1.45 bits per heavy atom. The Kier molecular flexibility index (Phi) is 4.33. The summed E-state index contributed by atoms with van der Waals surface area (Å²) in [5.41, 5.74) is 10.4.